The van der Waals surface area contributed by atoms with Crippen LogP contribution in [0.15, 0.2) is 35.2 Å². The van der Waals surface area contributed by atoms with Gasteiger partial charge in [-0.25, -0.2) is 0 Å². The van der Waals surface area contributed by atoms with Crippen molar-refractivity contribution in [2.24, 2.45) is 11.8 Å². The van der Waals surface area contributed by atoms with Crippen LogP contribution in [-0.2, 0) is 0 Å². The van der Waals surface area contributed by atoms with Gasteiger partial charge in [-0.3, -0.25) is 0 Å². The Hall–Kier alpha value is -0.510. The zero-order valence-electron chi connectivity index (χ0n) is 13.0. The quantitative estimate of drug-likeness (QED) is 0.713. The molecule has 0 saturated heterocycles. The first kappa shape index (κ1) is 17.5. The van der Waals surface area contributed by atoms with E-state index in [1.165, 1.54) is 4.90 Å². The molecular weight excluding hydrogens is 268 g/mol. The second kappa shape index (κ2) is 8.06. The van der Waals surface area contributed by atoms with Crippen molar-refractivity contribution < 1.29 is 10.2 Å². The summed E-state index contributed by atoms with van der Waals surface area (Å²) in [7, 11) is 0. The molecule has 0 radical (unpaired) electrons. The maximum absolute atomic E-state index is 10.6. The van der Waals surface area contributed by atoms with E-state index in [9.17, 15) is 10.2 Å². The molecule has 1 aromatic carbocycles. The molecule has 3 atom stereocenters. The molecule has 0 aliphatic rings. The van der Waals surface area contributed by atoms with Crippen LogP contribution in [0, 0.1) is 11.8 Å². The second-order valence-corrected chi connectivity index (χ2v) is 7.87. The molecular formula is C17H28O2S. The highest BCUT2D eigenvalue weighted by molar-refractivity contribution is 8.00. The molecule has 0 saturated carbocycles. The Bertz CT molecular complexity index is 380. The van der Waals surface area contributed by atoms with Crippen LogP contribution in [0.4, 0.5) is 0 Å². The molecule has 0 amide bonds. The first-order valence-corrected chi connectivity index (χ1v) is 8.23. The number of thioether (sulfide) groups is 1. The molecule has 0 aliphatic carbocycles. The zero-order valence-corrected chi connectivity index (χ0v) is 13.9. The Morgan fingerprint density at radius 1 is 1.15 bits per heavy atom. The van der Waals surface area contributed by atoms with Gasteiger partial charge in [-0.15, -0.1) is 11.8 Å². The average molecular weight is 296 g/mol. The molecule has 20 heavy (non-hydrogen) atoms. The molecule has 0 bridgehead atoms. The van der Waals surface area contributed by atoms with E-state index in [2.05, 4.69) is 32.9 Å². The second-order valence-electron chi connectivity index (χ2n) is 6.26. The van der Waals surface area contributed by atoms with Gasteiger partial charge in [0.1, 0.15) is 0 Å². The van der Waals surface area contributed by atoms with Gasteiger partial charge in [-0.1, -0.05) is 39.0 Å². The van der Waals surface area contributed by atoms with E-state index in [1.54, 1.807) is 11.8 Å². The monoisotopic (exact) mass is 296 g/mol. The first-order valence-electron chi connectivity index (χ1n) is 7.42. The lowest BCUT2D eigenvalue weighted by Crippen LogP contribution is -2.42. The smallest absolute Gasteiger partial charge is 0.0734 e. The van der Waals surface area contributed by atoms with Gasteiger partial charge in [-0.05, 0) is 37.8 Å². The third-order valence-electron chi connectivity index (χ3n) is 3.76. The van der Waals surface area contributed by atoms with E-state index in [0.29, 0.717) is 5.92 Å². The number of hydrogen-bond acceptors (Lipinski definition) is 3. The molecule has 0 unspecified atom stereocenters. The van der Waals surface area contributed by atoms with Crippen LogP contribution >= 0.6 is 11.8 Å². The fourth-order valence-electron chi connectivity index (χ4n) is 2.29. The third kappa shape index (κ3) is 5.12. The molecule has 0 spiro atoms. The number of aliphatic hydroxyl groups is 2. The van der Waals surface area contributed by atoms with Crippen LogP contribution in [0.5, 0.6) is 0 Å². The Kier molecular flexibility index (Phi) is 7.07. The van der Waals surface area contributed by atoms with E-state index in [-0.39, 0.29) is 17.3 Å². The number of hydrogen-bond donors (Lipinski definition) is 2. The number of aliphatic hydroxyl groups excluding tert-OH is 2. The molecule has 3 heteroatoms. The van der Waals surface area contributed by atoms with Crippen molar-refractivity contribution in [3.05, 3.63) is 30.3 Å². The minimum atomic E-state index is -0.517. The van der Waals surface area contributed by atoms with E-state index < -0.39 is 6.10 Å². The average Bonchev–Trinajstić information content (AvgIpc) is 2.44. The fraction of sp³-hybridized carbons (Fsp3) is 0.647. The van der Waals surface area contributed by atoms with Crippen LogP contribution in [0.3, 0.4) is 0 Å². The largest absolute Gasteiger partial charge is 0.396 e. The summed E-state index contributed by atoms with van der Waals surface area (Å²) in [6, 6.07) is 10.2. The molecule has 2 nitrogen and oxygen atoms in total. The summed E-state index contributed by atoms with van der Waals surface area (Å²) < 4.78 is -0.270. The topological polar surface area (TPSA) is 40.5 Å². The van der Waals surface area contributed by atoms with Gasteiger partial charge in [-0.2, -0.15) is 0 Å². The standard InChI is InChI=1S/C17H28O2S/c1-13(2)10-11-17(4,16(19)14(3)12-18)20-15-8-6-5-7-9-15/h5-9,13-14,16,18-19H,10-12H2,1-4H3/t14-,16+,17-/m0/s1. The van der Waals surface area contributed by atoms with E-state index >= 15 is 0 Å². The van der Waals surface area contributed by atoms with Crippen molar-refractivity contribution in [1.29, 1.82) is 0 Å². The van der Waals surface area contributed by atoms with Crippen LogP contribution in [-0.4, -0.2) is 27.7 Å². The molecule has 0 aromatic heterocycles. The van der Waals surface area contributed by atoms with Gasteiger partial charge < -0.3 is 10.2 Å². The first-order chi connectivity index (χ1) is 9.39. The summed E-state index contributed by atoms with van der Waals surface area (Å²) in [4.78, 5) is 1.17. The summed E-state index contributed by atoms with van der Waals surface area (Å²) >= 11 is 1.72. The normalized spacial score (nSPS) is 17.8. The molecule has 0 heterocycles. The predicted octanol–water partition coefficient (Wildman–Crippen LogP) is 3.96. The van der Waals surface area contributed by atoms with Gasteiger partial charge in [0.25, 0.3) is 0 Å². The summed E-state index contributed by atoms with van der Waals surface area (Å²) in [6.07, 6.45) is 1.50. The molecule has 114 valence electrons. The molecule has 0 aliphatic heterocycles. The highest BCUT2D eigenvalue weighted by atomic mass is 32.2. The predicted molar refractivity (Wildman–Crippen MR) is 87.0 cm³/mol. The third-order valence-corrected chi connectivity index (χ3v) is 5.18. The minimum Gasteiger partial charge on any atom is -0.396 e. The van der Waals surface area contributed by atoms with Crippen LogP contribution < -0.4 is 0 Å². The highest BCUT2D eigenvalue weighted by Crippen LogP contribution is 2.41. The van der Waals surface area contributed by atoms with Crippen molar-refractivity contribution in [3.63, 3.8) is 0 Å². The molecule has 0 fully saturated rings. The van der Waals surface area contributed by atoms with Crippen molar-refractivity contribution in [2.45, 2.75) is 56.3 Å². The van der Waals surface area contributed by atoms with E-state index in [1.807, 2.05) is 25.1 Å². The highest BCUT2D eigenvalue weighted by Gasteiger charge is 2.37. The van der Waals surface area contributed by atoms with Crippen LogP contribution in [0.25, 0.3) is 0 Å². The minimum absolute atomic E-state index is 0.0216. The lowest BCUT2D eigenvalue weighted by atomic mass is 9.87. The Morgan fingerprint density at radius 2 is 1.75 bits per heavy atom. The number of rotatable bonds is 8. The Morgan fingerprint density at radius 3 is 2.25 bits per heavy atom. The molecule has 1 aromatic rings. The van der Waals surface area contributed by atoms with Crippen molar-refractivity contribution in [1.82, 2.24) is 0 Å². The summed E-state index contributed by atoms with van der Waals surface area (Å²) in [5.41, 5.74) is 0. The fourth-order valence-corrected chi connectivity index (χ4v) is 3.70. The van der Waals surface area contributed by atoms with Crippen LogP contribution in [0.2, 0.25) is 0 Å². The summed E-state index contributed by atoms with van der Waals surface area (Å²) in [5.74, 6) is 0.505. The Labute approximate surface area is 127 Å². The lowest BCUT2D eigenvalue weighted by molar-refractivity contribution is 0.0461. The lowest BCUT2D eigenvalue weighted by Gasteiger charge is -2.37. The van der Waals surface area contributed by atoms with Gasteiger partial charge in [0.2, 0.25) is 0 Å². The van der Waals surface area contributed by atoms with Crippen molar-refractivity contribution in [3.8, 4) is 0 Å². The summed E-state index contributed by atoms with van der Waals surface area (Å²) in [5, 5.41) is 20.0. The maximum Gasteiger partial charge on any atom is 0.0734 e. The van der Waals surface area contributed by atoms with Crippen molar-refractivity contribution >= 4 is 11.8 Å². The van der Waals surface area contributed by atoms with Crippen molar-refractivity contribution in [2.75, 3.05) is 6.61 Å². The molecule has 2 N–H and O–H groups in total. The molecule has 1 rings (SSSR count). The van der Waals surface area contributed by atoms with Gasteiger partial charge in [0.15, 0.2) is 0 Å². The Balaban J connectivity index is 2.88. The SMILES string of the molecule is CC(C)CC[C@](C)(Sc1ccccc1)[C@H](O)[C@@H](C)CO. The van der Waals surface area contributed by atoms with Gasteiger partial charge in [0, 0.05) is 22.2 Å². The van der Waals surface area contributed by atoms with Gasteiger partial charge >= 0.3 is 0 Å². The summed E-state index contributed by atoms with van der Waals surface area (Å²) in [6.45, 7) is 8.45. The van der Waals surface area contributed by atoms with E-state index in [4.69, 9.17) is 0 Å². The number of benzene rings is 1. The van der Waals surface area contributed by atoms with Gasteiger partial charge in [0.05, 0.1) is 6.10 Å². The maximum atomic E-state index is 10.6. The zero-order chi connectivity index (χ0) is 15.2. The van der Waals surface area contributed by atoms with Crippen LogP contribution in [0.1, 0.15) is 40.5 Å². The van der Waals surface area contributed by atoms with E-state index in [0.717, 1.165) is 12.8 Å².